The third-order valence-corrected chi connectivity index (χ3v) is 6.04. The summed E-state index contributed by atoms with van der Waals surface area (Å²) < 4.78 is 6.08. The van der Waals surface area contributed by atoms with Gasteiger partial charge in [0.15, 0.2) is 0 Å². The van der Waals surface area contributed by atoms with Crippen LogP contribution in [-0.4, -0.2) is 42.2 Å². The zero-order chi connectivity index (χ0) is 17.4. The number of phenols is 1. The molecule has 4 nitrogen and oxygen atoms in total. The van der Waals surface area contributed by atoms with Crippen LogP contribution < -0.4 is 0 Å². The molecule has 2 aliphatic carbocycles. The van der Waals surface area contributed by atoms with Gasteiger partial charge < -0.3 is 14.7 Å². The van der Waals surface area contributed by atoms with E-state index in [1.807, 2.05) is 12.1 Å². The fourth-order valence-corrected chi connectivity index (χ4v) is 4.99. The van der Waals surface area contributed by atoms with Gasteiger partial charge in [0.2, 0.25) is 0 Å². The van der Waals surface area contributed by atoms with E-state index in [9.17, 15) is 9.90 Å². The second-order valence-electron chi connectivity index (χ2n) is 7.77. The maximum atomic E-state index is 11.9. The van der Waals surface area contributed by atoms with Crippen molar-refractivity contribution in [3.8, 4) is 5.75 Å². The Bertz CT molecular complexity index is 627. The monoisotopic (exact) mass is 331 g/mol. The number of hydrogen-bond acceptors (Lipinski definition) is 4. The van der Waals surface area contributed by atoms with E-state index in [2.05, 4.69) is 19.0 Å². The first kappa shape index (κ1) is 17.3. The Kier molecular flexibility index (Phi) is 4.60. The predicted octanol–water partition coefficient (Wildman–Crippen LogP) is 3.40. The highest BCUT2D eigenvalue weighted by molar-refractivity contribution is 5.67. The van der Waals surface area contributed by atoms with Crippen molar-refractivity contribution in [2.24, 2.45) is 0 Å². The van der Waals surface area contributed by atoms with Gasteiger partial charge in [-0.2, -0.15) is 0 Å². The van der Waals surface area contributed by atoms with Crippen molar-refractivity contribution in [1.82, 2.24) is 4.90 Å². The van der Waals surface area contributed by atoms with E-state index < -0.39 is 5.60 Å². The molecule has 0 radical (unpaired) electrons. The summed E-state index contributed by atoms with van der Waals surface area (Å²) in [7, 11) is 4.17. The number of phenolic OH excluding ortho intramolecular Hbond substituents is 1. The quantitative estimate of drug-likeness (QED) is 0.859. The molecular formula is C20H29NO3. The minimum absolute atomic E-state index is 0.185. The van der Waals surface area contributed by atoms with Crippen LogP contribution in [0.3, 0.4) is 0 Å². The number of esters is 1. The van der Waals surface area contributed by atoms with E-state index >= 15 is 0 Å². The van der Waals surface area contributed by atoms with Gasteiger partial charge in [-0.05, 0) is 82.4 Å². The van der Waals surface area contributed by atoms with Crippen molar-refractivity contribution in [1.29, 1.82) is 0 Å². The minimum Gasteiger partial charge on any atom is -0.508 e. The number of carbonyl (C=O) groups excluding carboxylic acids is 1. The molecule has 0 saturated heterocycles. The summed E-state index contributed by atoms with van der Waals surface area (Å²) in [5.74, 6) is 0.122. The molecule has 0 heterocycles. The van der Waals surface area contributed by atoms with Gasteiger partial charge in [0, 0.05) is 12.3 Å². The second-order valence-corrected chi connectivity index (χ2v) is 7.77. The molecule has 2 atom stereocenters. The molecule has 0 aromatic heterocycles. The van der Waals surface area contributed by atoms with Gasteiger partial charge in [-0.1, -0.05) is 12.5 Å². The highest BCUT2D eigenvalue weighted by Gasteiger charge is 2.58. The lowest BCUT2D eigenvalue weighted by Crippen LogP contribution is -2.59. The Labute approximate surface area is 144 Å². The molecule has 3 rings (SSSR count). The second kappa shape index (κ2) is 6.40. The smallest absolute Gasteiger partial charge is 0.303 e. The number of benzene rings is 1. The summed E-state index contributed by atoms with van der Waals surface area (Å²) in [6.45, 7) is 2.47. The van der Waals surface area contributed by atoms with Crippen molar-refractivity contribution in [3.63, 3.8) is 0 Å². The molecule has 0 amide bonds. The van der Waals surface area contributed by atoms with E-state index in [1.54, 1.807) is 6.07 Å². The third kappa shape index (κ3) is 2.81. The molecule has 132 valence electrons. The van der Waals surface area contributed by atoms with Crippen LogP contribution in [0.5, 0.6) is 5.75 Å². The van der Waals surface area contributed by atoms with Gasteiger partial charge >= 0.3 is 5.97 Å². The van der Waals surface area contributed by atoms with Gasteiger partial charge in [0.25, 0.3) is 0 Å². The lowest BCUT2D eigenvalue weighted by molar-refractivity contribution is -0.177. The first-order chi connectivity index (χ1) is 11.4. The molecule has 1 N–H and O–H groups in total. The number of ether oxygens (including phenoxy) is 1. The molecule has 4 heteroatoms. The van der Waals surface area contributed by atoms with Crippen molar-refractivity contribution in [2.45, 2.75) is 62.9 Å². The number of nitrogens with zero attached hydrogens (tertiary/aromatic N) is 1. The van der Waals surface area contributed by atoms with Crippen LogP contribution in [0.15, 0.2) is 18.2 Å². The fourth-order valence-electron chi connectivity index (χ4n) is 4.99. The Balaban J connectivity index is 2.14. The molecular weight excluding hydrogens is 302 g/mol. The summed E-state index contributed by atoms with van der Waals surface area (Å²) >= 11 is 0. The maximum absolute atomic E-state index is 11.9. The summed E-state index contributed by atoms with van der Waals surface area (Å²) in [5.41, 5.74) is 1.90. The number of hydrogen-bond donors (Lipinski definition) is 1. The lowest BCUT2D eigenvalue weighted by Gasteiger charge is -2.56. The molecule has 0 bridgehead atoms. The maximum Gasteiger partial charge on any atom is 0.303 e. The van der Waals surface area contributed by atoms with Gasteiger partial charge in [0.05, 0.1) is 0 Å². The summed E-state index contributed by atoms with van der Waals surface area (Å²) in [6.07, 6.45) is 6.94. The van der Waals surface area contributed by atoms with Crippen molar-refractivity contribution in [3.05, 3.63) is 29.3 Å². The zero-order valence-electron chi connectivity index (χ0n) is 15.1. The van der Waals surface area contributed by atoms with E-state index in [0.717, 1.165) is 51.5 Å². The Morgan fingerprint density at radius 1 is 1.25 bits per heavy atom. The molecule has 0 aliphatic heterocycles. The van der Waals surface area contributed by atoms with E-state index in [-0.39, 0.29) is 11.4 Å². The van der Waals surface area contributed by atoms with Crippen molar-refractivity contribution < 1.29 is 14.6 Å². The Hall–Kier alpha value is -1.55. The van der Waals surface area contributed by atoms with Gasteiger partial charge in [0.1, 0.15) is 11.4 Å². The molecule has 2 unspecified atom stereocenters. The van der Waals surface area contributed by atoms with Crippen LogP contribution in [-0.2, 0) is 21.4 Å². The lowest BCUT2D eigenvalue weighted by atomic mass is 9.53. The van der Waals surface area contributed by atoms with Crippen molar-refractivity contribution in [2.75, 3.05) is 20.6 Å². The fraction of sp³-hybridized carbons (Fsp3) is 0.650. The molecule has 1 fully saturated rings. The molecule has 24 heavy (non-hydrogen) atoms. The predicted molar refractivity (Wildman–Crippen MR) is 94.2 cm³/mol. The average molecular weight is 331 g/mol. The summed E-state index contributed by atoms with van der Waals surface area (Å²) in [5, 5.41) is 10.1. The van der Waals surface area contributed by atoms with Gasteiger partial charge in [-0.15, -0.1) is 0 Å². The standard InChI is InChI=1S/C20H29NO3/c1-15(22)24-20-10-5-4-9-19(20,12-13-21(2)3)18-14-17(23)7-6-16(18)8-11-20/h6-7,14,23H,4-5,8-13H2,1-3H3. The number of aryl methyl sites for hydroxylation is 1. The van der Waals surface area contributed by atoms with Gasteiger partial charge in [-0.25, -0.2) is 0 Å². The third-order valence-electron chi connectivity index (χ3n) is 6.04. The van der Waals surface area contributed by atoms with Crippen LogP contribution >= 0.6 is 0 Å². The number of rotatable bonds is 4. The van der Waals surface area contributed by atoms with Crippen LogP contribution in [0.25, 0.3) is 0 Å². The van der Waals surface area contributed by atoms with Crippen LogP contribution in [0, 0.1) is 0 Å². The number of aromatic hydroxyl groups is 1. The van der Waals surface area contributed by atoms with Crippen LogP contribution in [0.2, 0.25) is 0 Å². The SMILES string of the molecule is CC(=O)OC12CCCCC1(CCN(C)C)c1cc(O)ccc1CC2. The molecule has 1 saturated carbocycles. The normalized spacial score (nSPS) is 29.0. The molecule has 1 aromatic carbocycles. The first-order valence-electron chi connectivity index (χ1n) is 9.05. The summed E-state index contributed by atoms with van der Waals surface area (Å²) in [4.78, 5) is 14.1. The van der Waals surface area contributed by atoms with E-state index in [4.69, 9.17) is 4.74 Å². The average Bonchev–Trinajstić information content (AvgIpc) is 2.52. The highest BCUT2D eigenvalue weighted by atomic mass is 16.6. The van der Waals surface area contributed by atoms with Crippen LogP contribution in [0.1, 0.15) is 56.6 Å². The molecule has 0 spiro atoms. The Morgan fingerprint density at radius 3 is 2.71 bits per heavy atom. The minimum atomic E-state index is -0.423. The van der Waals surface area contributed by atoms with Crippen molar-refractivity contribution >= 4 is 5.97 Å². The molecule has 2 aliphatic rings. The number of fused-ring (bicyclic) bond motifs is 3. The summed E-state index contributed by atoms with van der Waals surface area (Å²) in [6, 6.07) is 5.75. The highest BCUT2D eigenvalue weighted by Crippen LogP contribution is 2.57. The topological polar surface area (TPSA) is 49.8 Å². The zero-order valence-corrected chi connectivity index (χ0v) is 15.1. The van der Waals surface area contributed by atoms with Gasteiger partial charge in [-0.3, -0.25) is 4.79 Å². The first-order valence-corrected chi connectivity index (χ1v) is 9.05. The van der Waals surface area contributed by atoms with E-state index in [1.165, 1.54) is 18.1 Å². The largest absolute Gasteiger partial charge is 0.508 e. The number of carbonyl (C=O) groups is 1. The van der Waals surface area contributed by atoms with E-state index in [0.29, 0.717) is 5.75 Å². The van der Waals surface area contributed by atoms with Crippen LogP contribution in [0.4, 0.5) is 0 Å². The Morgan fingerprint density at radius 2 is 2.00 bits per heavy atom. The molecule has 1 aromatic rings.